The summed E-state index contributed by atoms with van der Waals surface area (Å²) in [6.45, 7) is 4.40. The molecule has 1 N–H and O–H groups in total. The lowest BCUT2D eigenvalue weighted by atomic mass is 10.2. The molecule has 0 saturated carbocycles. The maximum Gasteiger partial charge on any atom is 0.322 e. The molecule has 13 heteroatoms. The molecule has 1 aliphatic rings. The number of hydrogen-bond donors (Lipinski definition) is 1. The molecule has 0 radical (unpaired) electrons. The highest BCUT2D eigenvalue weighted by Crippen LogP contribution is 2.25. The van der Waals surface area contributed by atoms with Gasteiger partial charge in [-0.3, -0.25) is 10.1 Å². The van der Waals surface area contributed by atoms with Crippen LogP contribution >= 0.6 is 0 Å². The van der Waals surface area contributed by atoms with Crippen LogP contribution in [0.3, 0.4) is 0 Å². The topological polar surface area (TPSA) is 149 Å². The lowest BCUT2D eigenvalue weighted by molar-refractivity contribution is 0.0730. The summed E-state index contributed by atoms with van der Waals surface area (Å²) in [5, 5.41) is 9.54. The Morgan fingerprint density at radius 3 is 2.31 bits per heavy atom. The van der Waals surface area contributed by atoms with Crippen LogP contribution in [-0.4, -0.2) is 68.8 Å². The molecule has 1 aromatic heterocycles. The predicted molar refractivity (Wildman–Crippen MR) is 126 cm³/mol. The minimum atomic E-state index is -3.67. The van der Waals surface area contributed by atoms with E-state index in [1.807, 2.05) is 0 Å². The fourth-order valence-corrected chi connectivity index (χ4v) is 5.86. The summed E-state index contributed by atoms with van der Waals surface area (Å²) >= 11 is 0. The fourth-order valence-electron chi connectivity index (χ4n) is 3.35. The van der Waals surface area contributed by atoms with Gasteiger partial charge in [-0.25, -0.2) is 16.8 Å². The van der Waals surface area contributed by atoms with E-state index in [2.05, 4.69) is 15.5 Å². The largest absolute Gasteiger partial charge is 0.403 e. The van der Waals surface area contributed by atoms with E-state index in [0.29, 0.717) is 18.8 Å². The third kappa shape index (κ3) is 5.27. The number of nitrogens with one attached hydrogen (secondary N) is 1. The second-order valence-electron chi connectivity index (χ2n) is 8.03. The monoisotopic (exact) mass is 520 g/mol. The fraction of sp³-hybridized carbons (Fsp3) is 0.318. The molecule has 0 aliphatic carbocycles. The van der Waals surface area contributed by atoms with Crippen molar-refractivity contribution in [3.63, 3.8) is 0 Å². The van der Waals surface area contributed by atoms with Crippen molar-refractivity contribution < 1.29 is 30.8 Å². The van der Waals surface area contributed by atoms with Crippen LogP contribution in [0.25, 0.3) is 11.5 Å². The molecule has 0 bridgehead atoms. The standard InChI is InChI=1S/C22H24N4O7S2/c1-15(2)34(28,29)19-5-3-4-17(14-19)21-24-25-22(33-21)23-20(27)16-6-8-18(9-7-16)35(30,31)26-10-12-32-13-11-26/h3-9,14-15H,10-13H2,1-2H3,(H,23,25,27). The number of nitrogens with zero attached hydrogens (tertiary/aromatic N) is 3. The number of ether oxygens (including phenoxy) is 1. The van der Waals surface area contributed by atoms with Crippen LogP contribution in [0, 0.1) is 0 Å². The SMILES string of the molecule is CC(C)S(=O)(=O)c1cccc(-c2nnc(NC(=O)c3ccc(S(=O)(=O)N4CCOCC4)cc3)o2)c1. The molecular formula is C22H24N4O7S2. The van der Waals surface area contributed by atoms with E-state index in [4.69, 9.17) is 9.15 Å². The smallest absolute Gasteiger partial charge is 0.322 e. The average molecular weight is 521 g/mol. The molecule has 2 aromatic carbocycles. The molecule has 0 atom stereocenters. The van der Waals surface area contributed by atoms with Gasteiger partial charge >= 0.3 is 6.01 Å². The maximum absolute atomic E-state index is 12.7. The maximum atomic E-state index is 12.7. The van der Waals surface area contributed by atoms with Crippen molar-refractivity contribution in [1.82, 2.24) is 14.5 Å². The molecule has 3 aromatic rings. The number of morpholine rings is 1. The lowest BCUT2D eigenvalue weighted by Crippen LogP contribution is -2.40. The van der Waals surface area contributed by atoms with Crippen LogP contribution in [-0.2, 0) is 24.6 Å². The second kappa shape index (κ2) is 9.85. The molecule has 1 fully saturated rings. The Morgan fingerprint density at radius 2 is 1.66 bits per heavy atom. The zero-order valence-electron chi connectivity index (χ0n) is 19.0. The molecule has 1 saturated heterocycles. The summed E-state index contributed by atoms with van der Waals surface area (Å²) in [6, 6.07) is 11.4. The Labute approximate surface area is 203 Å². The van der Waals surface area contributed by atoms with Gasteiger partial charge < -0.3 is 9.15 Å². The van der Waals surface area contributed by atoms with Gasteiger partial charge in [-0.2, -0.15) is 4.31 Å². The van der Waals surface area contributed by atoms with Crippen LogP contribution < -0.4 is 5.32 Å². The number of amides is 1. The second-order valence-corrected chi connectivity index (χ2v) is 12.5. The van der Waals surface area contributed by atoms with E-state index in [1.54, 1.807) is 26.0 Å². The first kappa shape index (κ1) is 25.0. The molecule has 11 nitrogen and oxygen atoms in total. The van der Waals surface area contributed by atoms with E-state index in [9.17, 15) is 21.6 Å². The summed E-state index contributed by atoms with van der Waals surface area (Å²) in [4.78, 5) is 12.8. The van der Waals surface area contributed by atoms with E-state index < -0.39 is 31.0 Å². The molecule has 1 amide bonds. The van der Waals surface area contributed by atoms with Crippen LogP contribution in [0.2, 0.25) is 0 Å². The number of aromatic nitrogens is 2. The number of carbonyl (C=O) groups is 1. The highest BCUT2D eigenvalue weighted by molar-refractivity contribution is 7.92. The van der Waals surface area contributed by atoms with Crippen molar-refractivity contribution in [3.05, 3.63) is 54.1 Å². The van der Waals surface area contributed by atoms with Gasteiger partial charge in [0.25, 0.3) is 5.91 Å². The Balaban J connectivity index is 1.47. The number of sulfone groups is 1. The van der Waals surface area contributed by atoms with E-state index in [1.165, 1.54) is 40.7 Å². The zero-order chi connectivity index (χ0) is 25.2. The molecule has 4 rings (SSSR count). The number of carbonyl (C=O) groups excluding carboxylic acids is 1. The number of rotatable bonds is 7. The van der Waals surface area contributed by atoms with Gasteiger partial charge in [0.2, 0.25) is 15.9 Å². The van der Waals surface area contributed by atoms with Gasteiger partial charge in [-0.05, 0) is 56.3 Å². The van der Waals surface area contributed by atoms with Gasteiger partial charge in [0.15, 0.2) is 9.84 Å². The van der Waals surface area contributed by atoms with Gasteiger partial charge in [-0.1, -0.05) is 11.2 Å². The first-order chi connectivity index (χ1) is 16.6. The summed E-state index contributed by atoms with van der Waals surface area (Å²) in [6.07, 6.45) is 0. The quantitative estimate of drug-likeness (QED) is 0.495. The van der Waals surface area contributed by atoms with Crippen molar-refractivity contribution in [1.29, 1.82) is 0 Å². The molecule has 186 valence electrons. The van der Waals surface area contributed by atoms with E-state index in [-0.39, 0.29) is 40.3 Å². The molecule has 1 aliphatic heterocycles. The predicted octanol–water partition coefficient (Wildman–Crippen LogP) is 2.19. The van der Waals surface area contributed by atoms with Gasteiger partial charge in [-0.15, -0.1) is 5.10 Å². The number of anilines is 1. The summed E-state index contributed by atoms with van der Waals surface area (Å²) in [7, 11) is -7.16. The minimum Gasteiger partial charge on any atom is -0.403 e. The Morgan fingerprint density at radius 1 is 0.971 bits per heavy atom. The Hall–Kier alpha value is -3.13. The van der Waals surface area contributed by atoms with Crippen LogP contribution in [0.5, 0.6) is 0 Å². The lowest BCUT2D eigenvalue weighted by Gasteiger charge is -2.26. The summed E-state index contributed by atoms with van der Waals surface area (Å²) in [5.41, 5.74) is 0.577. The van der Waals surface area contributed by atoms with E-state index in [0.717, 1.165) is 0 Å². The molecular weight excluding hydrogens is 496 g/mol. The van der Waals surface area contributed by atoms with Crippen molar-refractivity contribution in [2.45, 2.75) is 28.9 Å². The zero-order valence-corrected chi connectivity index (χ0v) is 20.7. The van der Waals surface area contributed by atoms with Gasteiger partial charge in [0, 0.05) is 24.2 Å². The first-order valence-corrected chi connectivity index (χ1v) is 13.7. The minimum absolute atomic E-state index is 0.0352. The molecule has 0 unspecified atom stereocenters. The van der Waals surface area contributed by atoms with Crippen LogP contribution in [0.1, 0.15) is 24.2 Å². The third-order valence-electron chi connectivity index (χ3n) is 5.40. The van der Waals surface area contributed by atoms with Gasteiger partial charge in [0.1, 0.15) is 0 Å². The van der Waals surface area contributed by atoms with Crippen molar-refractivity contribution in [2.24, 2.45) is 0 Å². The van der Waals surface area contributed by atoms with Crippen LogP contribution in [0.4, 0.5) is 6.01 Å². The third-order valence-corrected chi connectivity index (χ3v) is 9.46. The normalized spacial score (nSPS) is 15.3. The molecule has 0 spiro atoms. The average Bonchev–Trinajstić information content (AvgIpc) is 3.33. The Kier molecular flexibility index (Phi) is 7.03. The van der Waals surface area contributed by atoms with Crippen molar-refractivity contribution in [3.8, 4) is 11.5 Å². The highest BCUT2D eigenvalue weighted by Gasteiger charge is 2.26. The number of sulfonamides is 1. The van der Waals surface area contributed by atoms with Crippen LogP contribution in [0.15, 0.2) is 62.7 Å². The first-order valence-electron chi connectivity index (χ1n) is 10.8. The molecule has 2 heterocycles. The van der Waals surface area contributed by atoms with Crippen molar-refractivity contribution >= 4 is 31.8 Å². The summed E-state index contributed by atoms with van der Waals surface area (Å²) < 4.78 is 62.3. The summed E-state index contributed by atoms with van der Waals surface area (Å²) in [5.74, 6) is -0.542. The van der Waals surface area contributed by atoms with Gasteiger partial charge in [0.05, 0.1) is 28.3 Å². The highest BCUT2D eigenvalue weighted by atomic mass is 32.2. The number of benzene rings is 2. The molecule has 35 heavy (non-hydrogen) atoms. The Bertz CT molecular complexity index is 1430. The number of hydrogen-bond acceptors (Lipinski definition) is 9. The van der Waals surface area contributed by atoms with E-state index >= 15 is 0 Å². The van der Waals surface area contributed by atoms with Crippen molar-refractivity contribution in [2.75, 3.05) is 31.6 Å².